The third kappa shape index (κ3) is 1.72. The number of benzene rings is 1. The van der Waals surface area contributed by atoms with Crippen molar-refractivity contribution >= 4 is 37.6 Å². The molecule has 1 aliphatic rings. The van der Waals surface area contributed by atoms with Crippen molar-refractivity contribution in [1.29, 1.82) is 0 Å². The second-order valence-electron chi connectivity index (χ2n) is 3.17. The highest BCUT2D eigenvalue weighted by atomic mass is 79.9. The van der Waals surface area contributed by atoms with E-state index in [0.29, 0.717) is 0 Å². The van der Waals surface area contributed by atoms with Gasteiger partial charge in [-0.25, -0.2) is 0 Å². The lowest BCUT2D eigenvalue weighted by Gasteiger charge is -2.18. The van der Waals surface area contributed by atoms with Crippen LogP contribution >= 0.6 is 31.9 Å². The van der Waals surface area contributed by atoms with Gasteiger partial charge >= 0.3 is 0 Å². The van der Waals surface area contributed by atoms with Crippen molar-refractivity contribution in [3.8, 4) is 0 Å². The standard InChI is InChI=1S/C10H8Br2O/c11-7-2-3-8-6(5-7)1-4-9(12)10(8)13/h2-3,5,9H,1,4H2/t9-/m1/s1. The van der Waals surface area contributed by atoms with E-state index in [-0.39, 0.29) is 10.6 Å². The van der Waals surface area contributed by atoms with Crippen LogP contribution in [0.25, 0.3) is 0 Å². The van der Waals surface area contributed by atoms with Gasteiger partial charge in [0.15, 0.2) is 5.78 Å². The first kappa shape index (κ1) is 9.41. The zero-order valence-electron chi connectivity index (χ0n) is 6.89. The molecule has 1 aliphatic carbocycles. The summed E-state index contributed by atoms with van der Waals surface area (Å²) < 4.78 is 1.05. The minimum atomic E-state index is 0.0150. The van der Waals surface area contributed by atoms with Crippen LogP contribution in [0.15, 0.2) is 22.7 Å². The van der Waals surface area contributed by atoms with Gasteiger partial charge in [0.1, 0.15) is 0 Å². The number of halogens is 2. The summed E-state index contributed by atoms with van der Waals surface area (Å²) in [5.41, 5.74) is 2.03. The van der Waals surface area contributed by atoms with Gasteiger partial charge in [-0.05, 0) is 36.6 Å². The summed E-state index contributed by atoms with van der Waals surface area (Å²) in [6.45, 7) is 0. The minimum Gasteiger partial charge on any atom is -0.293 e. The number of fused-ring (bicyclic) bond motifs is 1. The van der Waals surface area contributed by atoms with Crippen molar-refractivity contribution in [2.24, 2.45) is 0 Å². The molecule has 1 aromatic carbocycles. The van der Waals surface area contributed by atoms with Crippen LogP contribution in [0.1, 0.15) is 22.3 Å². The number of hydrogen-bond donors (Lipinski definition) is 0. The third-order valence-electron chi connectivity index (χ3n) is 2.28. The lowest BCUT2D eigenvalue weighted by molar-refractivity contribution is 0.0981. The van der Waals surface area contributed by atoms with Gasteiger partial charge in [-0.1, -0.05) is 31.9 Å². The molecule has 1 atom stereocenters. The van der Waals surface area contributed by atoms with Gasteiger partial charge in [0.2, 0.25) is 0 Å². The van der Waals surface area contributed by atoms with Crippen molar-refractivity contribution < 1.29 is 4.79 Å². The Hall–Kier alpha value is -0.150. The van der Waals surface area contributed by atoms with Crippen LogP contribution in [0.3, 0.4) is 0 Å². The zero-order chi connectivity index (χ0) is 9.42. The Kier molecular flexibility index (Phi) is 2.56. The maximum atomic E-state index is 11.7. The Labute approximate surface area is 93.8 Å². The molecule has 0 aromatic heterocycles. The first-order valence-corrected chi connectivity index (χ1v) is 5.86. The first-order chi connectivity index (χ1) is 6.18. The molecule has 0 heterocycles. The van der Waals surface area contributed by atoms with Gasteiger partial charge in [-0.2, -0.15) is 0 Å². The number of ketones is 1. The number of aryl methyl sites for hydroxylation is 1. The van der Waals surface area contributed by atoms with E-state index in [1.165, 1.54) is 0 Å². The molecule has 0 spiro atoms. The van der Waals surface area contributed by atoms with Crippen LogP contribution in [0.4, 0.5) is 0 Å². The summed E-state index contributed by atoms with van der Waals surface area (Å²) in [6.07, 6.45) is 1.89. The van der Waals surface area contributed by atoms with E-state index < -0.39 is 0 Å². The molecule has 0 saturated heterocycles. The van der Waals surface area contributed by atoms with E-state index in [9.17, 15) is 4.79 Å². The highest BCUT2D eigenvalue weighted by Gasteiger charge is 2.24. The van der Waals surface area contributed by atoms with Crippen LogP contribution in [0, 0.1) is 0 Å². The minimum absolute atomic E-state index is 0.0150. The molecule has 1 aromatic rings. The van der Waals surface area contributed by atoms with Gasteiger partial charge in [0.05, 0.1) is 4.83 Å². The van der Waals surface area contributed by atoms with E-state index in [0.717, 1.165) is 28.4 Å². The average Bonchev–Trinajstić information content (AvgIpc) is 2.12. The SMILES string of the molecule is O=C1c2ccc(Br)cc2CC[C@H]1Br. The molecule has 0 amide bonds. The number of alkyl halides is 1. The topological polar surface area (TPSA) is 17.1 Å². The molecular formula is C10H8Br2O. The van der Waals surface area contributed by atoms with Gasteiger partial charge in [0.25, 0.3) is 0 Å². The molecule has 3 heteroatoms. The summed E-state index contributed by atoms with van der Waals surface area (Å²) in [7, 11) is 0. The average molecular weight is 304 g/mol. The molecule has 0 N–H and O–H groups in total. The molecule has 0 saturated carbocycles. The van der Waals surface area contributed by atoms with E-state index in [2.05, 4.69) is 31.9 Å². The second-order valence-corrected chi connectivity index (χ2v) is 5.19. The van der Waals surface area contributed by atoms with Crippen molar-refractivity contribution in [3.05, 3.63) is 33.8 Å². The molecule has 0 bridgehead atoms. The molecule has 0 unspecified atom stereocenters. The molecule has 0 aliphatic heterocycles. The zero-order valence-corrected chi connectivity index (χ0v) is 10.1. The van der Waals surface area contributed by atoms with Crippen LogP contribution in [-0.4, -0.2) is 10.6 Å². The molecule has 0 fully saturated rings. The highest BCUT2D eigenvalue weighted by molar-refractivity contribution is 9.10. The maximum absolute atomic E-state index is 11.7. The van der Waals surface area contributed by atoms with E-state index in [1.807, 2.05) is 18.2 Å². The number of carbonyl (C=O) groups is 1. The third-order valence-corrected chi connectivity index (χ3v) is 3.65. The number of Topliss-reactive ketones (excluding diaryl/α,β-unsaturated/α-hetero) is 1. The Morgan fingerprint density at radius 1 is 1.38 bits per heavy atom. The second kappa shape index (κ2) is 3.54. The maximum Gasteiger partial charge on any atom is 0.176 e. The molecule has 13 heavy (non-hydrogen) atoms. The van der Waals surface area contributed by atoms with Gasteiger partial charge in [-0.15, -0.1) is 0 Å². The fraction of sp³-hybridized carbons (Fsp3) is 0.300. The van der Waals surface area contributed by atoms with Crippen molar-refractivity contribution in [2.75, 3.05) is 0 Å². The summed E-state index contributed by atoms with van der Waals surface area (Å²) >= 11 is 6.78. The Balaban J connectivity index is 2.50. The van der Waals surface area contributed by atoms with E-state index >= 15 is 0 Å². The molecule has 1 nitrogen and oxygen atoms in total. The number of carbonyl (C=O) groups excluding carboxylic acids is 1. The molecule has 2 rings (SSSR count). The normalized spacial score (nSPS) is 21.4. The van der Waals surface area contributed by atoms with Crippen LogP contribution < -0.4 is 0 Å². The Bertz CT molecular complexity index is 360. The van der Waals surface area contributed by atoms with Crippen LogP contribution in [0.5, 0.6) is 0 Å². The largest absolute Gasteiger partial charge is 0.293 e. The van der Waals surface area contributed by atoms with Gasteiger partial charge in [0, 0.05) is 10.0 Å². The molecular weight excluding hydrogens is 296 g/mol. The van der Waals surface area contributed by atoms with Crippen molar-refractivity contribution in [2.45, 2.75) is 17.7 Å². The van der Waals surface area contributed by atoms with Crippen molar-refractivity contribution in [1.82, 2.24) is 0 Å². The van der Waals surface area contributed by atoms with Gasteiger partial charge in [-0.3, -0.25) is 4.79 Å². The molecule has 0 radical (unpaired) electrons. The monoisotopic (exact) mass is 302 g/mol. The predicted octanol–water partition coefficient (Wildman–Crippen LogP) is 3.34. The summed E-state index contributed by atoms with van der Waals surface area (Å²) in [5.74, 6) is 0.216. The first-order valence-electron chi connectivity index (χ1n) is 4.15. The van der Waals surface area contributed by atoms with Gasteiger partial charge < -0.3 is 0 Å². The Morgan fingerprint density at radius 2 is 2.15 bits per heavy atom. The van der Waals surface area contributed by atoms with Crippen LogP contribution in [-0.2, 0) is 6.42 Å². The van der Waals surface area contributed by atoms with E-state index in [4.69, 9.17) is 0 Å². The summed E-state index contributed by atoms with van der Waals surface area (Å²) in [6, 6.07) is 5.85. The van der Waals surface area contributed by atoms with Crippen LogP contribution in [0.2, 0.25) is 0 Å². The van der Waals surface area contributed by atoms with Crippen molar-refractivity contribution in [3.63, 3.8) is 0 Å². The lowest BCUT2D eigenvalue weighted by Crippen LogP contribution is -2.22. The molecule has 68 valence electrons. The smallest absolute Gasteiger partial charge is 0.176 e. The predicted molar refractivity (Wildman–Crippen MR) is 59.5 cm³/mol. The number of hydrogen-bond acceptors (Lipinski definition) is 1. The fourth-order valence-electron chi connectivity index (χ4n) is 1.59. The summed E-state index contributed by atoms with van der Waals surface area (Å²) in [5, 5.41) is 0. The highest BCUT2D eigenvalue weighted by Crippen LogP contribution is 2.27. The lowest BCUT2D eigenvalue weighted by atomic mass is 9.91. The quantitative estimate of drug-likeness (QED) is 0.672. The Morgan fingerprint density at radius 3 is 2.92 bits per heavy atom. The number of rotatable bonds is 0. The fourth-order valence-corrected chi connectivity index (χ4v) is 2.48. The summed E-state index contributed by atoms with van der Waals surface area (Å²) in [4.78, 5) is 11.7. The van der Waals surface area contributed by atoms with E-state index in [1.54, 1.807) is 0 Å².